The van der Waals surface area contributed by atoms with Gasteiger partial charge in [0.1, 0.15) is 0 Å². The summed E-state index contributed by atoms with van der Waals surface area (Å²) in [5.74, 6) is 0. The molecule has 0 aliphatic carbocycles. The minimum Gasteiger partial charge on any atom is -0.202 e. The van der Waals surface area contributed by atoms with E-state index in [1.165, 1.54) is 11.4 Å². The van der Waals surface area contributed by atoms with E-state index >= 15 is 0 Å². The van der Waals surface area contributed by atoms with Crippen LogP contribution in [0.15, 0.2) is 24.3 Å². The molecule has 0 radical (unpaired) electrons. The van der Waals surface area contributed by atoms with Gasteiger partial charge >= 0.3 is 0 Å². The van der Waals surface area contributed by atoms with Crippen molar-refractivity contribution in [2.24, 2.45) is 0 Å². The van der Waals surface area contributed by atoms with Crippen LogP contribution in [0, 0.1) is 11.3 Å². The van der Waals surface area contributed by atoms with Gasteiger partial charge in [0, 0.05) is 20.1 Å². The summed E-state index contributed by atoms with van der Waals surface area (Å²) in [6, 6.07) is 8.95. The molecule has 0 amide bonds. The molecule has 0 aliphatic rings. The number of nitrogens with one attached hydrogen (secondary N) is 1. The number of benzene rings is 1. The number of hydrogen-bond donors (Lipinski definition) is 1. The van der Waals surface area contributed by atoms with E-state index in [9.17, 15) is 8.42 Å². The van der Waals surface area contributed by atoms with Crippen molar-refractivity contribution in [2.45, 2.75) is 19.9 Å². The van der Waals surface area contributed by atoms with Gasteiger partial charge in [-0.1, -0.05) is 19.1 Å². The summed E-state index contributed by atoms with van der Waals surface area (Å²) in [4.78, 5) is 0. The molecule has 1 aromatic rings. The fourth-order valence-corrected chi connectivity index (χ4v) is 2.42. The predicted molar refractivity (Wildman–Crippen MR) is 69.8 cm³/mol. The highest BCUT2D eigenvalue weighted by molar-refractivity contribution is 7.87. The van der Waals surface area contributed by atoms with Gasteiger partial charge in [0.2, 0.25) is 0 Å². The van der Waals surface area contributed by atoms with Gasteiger partial charge in [0.25, 0.3) is 10.2 Å². The molecule has 0 unspecified atom stereocenters. The summed E-state index contributed by atoms with van der Waals surface area (Å²) < 4.78 is 27.3. The first-order chi connectivity index (χ1) is 8.49. The van der Waals surface area contributed by atoms with E-state index in [1.807, 2.05) is 13.0 Å². The molecule has 0 atom stereocenters. The Kier molecular flexibility index (Phi) is 5.28. The largest absolute Gasteiger partial charge is 0.279 e. The second-order valence-corrected chi connectivity index (χ2v) is 5.83. The minimum absolute atomic E-state index is 0.245. The first kappa shape index (κ1) is 14.6. The van der Waals surface area contributed by atoms with Gasteiger partial charge in [-0.25, -0.2) is 4.72 Å². The van der Waals surface area contributed by atoms with Crippen LogP contribution in [-0.4, -0.2) is 26.3 Å². The number of nitrogens with zero attached hydrogens (tertiary/aromatic N) is 2. The summed E-state index contributed by atoms with van der Waals surface area (Å²) in [5.41, 5.74) is 1.32. The average molecular weight is 267 g/mol. The summed E-state index contributed by atoms with van der Waals surface area (Å²) in [5, 5.41) is 8.78. The average Bonchev–Trinajstić information content (AvgIpc) is 2.36. The standard InChI is InChI=1S/C12H17N3O2S/c1-3-7-14-18(16,17)15(2)10-12-6-4-5-11(8-12)9-13/h4-6,8,14H,3,7,10H2,1-2H3. The first-order valence-corrected chi connectivity index (χ1v) is 7.13. The number of hydrogen-bond acceptors (Lipinski definition) is 3. The zero-order chi connectivity index (χ0) is 13.6. The predicted octanol–water partition coefficient (Wildman–Crippen LogP) is 1.23. The van der Waals surface area contributed by atoms with Crippen LogP contribution in [0.25, 0.3) is 0 Å². The van der Waals surface area contributed by atoms with Crippen LogP contribution in [0.4, 0.5) is 0 Å². The van der Waals surface area contributed by atoms with Crippen molar-refractivity contribution in [1.82, 2.24) is 9.03 Å². The molecule has 0 aliphatic heterocycles. The zero-order valence-electron chi connectivity index (χ0n) is 10.5. The van der Waals surface area contributed by atoms with Crippen molar-refractivity contribution in [2.75, 3.05) is 13.6 Å². The van der Waals surface area contributed by atoms with Gasteiger partial charge < -0.3 is 0 Å². The van der Waals surface area contributed by atoms with E-state index in [2.05, 4.69) is 4.72 Å². The maximum atomic E-state index is 11.8. The first-order valence-electron chi connectivity index (χ1n) is 5.69. The van der Waals surface area contributed by atoms with E-state index in [0.29, 0.717) is 12.1 Å². The Hall–Kier alpha value is -1.42. The Morgan fingerprint density at radius 2 is 2.17 bits per heavy atom. The molecule has 6 heteroatoms. The minimum atomic E-state index is -3.44. The lowest BCUT2D eigenvalue weighted by molar-refractivity contribution is 0.455. The maximum Gasteiger partial charge on any atom is 0.279 e. The molecule has 0 fully saturated rings. The van der Waals surface area contributed by atoms with Crippen LogP contribution in [0.2, 0.25) is 0 Å². The smallest absolute Gasteiger partial charge is 0.202 e. The number of nitriles is 1. The Labute approximate surface area is 108 Å². The van der Waals surface area contributed by atoms with E-state index in [1.54, 1.807) is 24.3 Å². The Morgan fingerprint density at radius 1 is 1.44 bits per heavy atom. The van der Waals surface area contributed by atoms with Crippen LogP contribution in [0.1, 0.15) is 24.5 Å². The second-order valence-electron chi connectivity index (χ2n) is 3.97. The second kappa shape index (κ2) is 6.50. The van der Waals surface area contributed by atoms with Crippen molar-refractivity contribution < 1.29 is 8.42 Å². The van der Waals surface area contributed by atoms with Crippen molar-refractivity contribution >= 4 is 10.2 Å². The number of rotatable bonds is 6. The van der Waals surface area contributed by atoms with Crippen LogP contribution in [0.5, 0.6) is 0 Å². The van der Waals surface area contributed by atoms with Gasteiger partial charge in [0.05, 0.1) is 11.6 Å². The highest BCUT2D eigenvalue weighted by Crippen LogP contribution is 2.08. The molecule has 5 nitrogen and oxygen atoms in total. The van der Waals surface area contributed by atoms with Crippen molar-refractivity contribution in [3.8, 4) is 6.07 Å². The van der Waals surface area contributed by atoms with Gasteiger partial charge in [-0.2, -0.15) is 18.0 Å². The highest BCUT2D eigenvalue weighted by Gasteiger charge is 2.16. The molecule has 0 bridgehead atoms. The van der Waals surface area contributed by atoms with Gasteiger partial charge in [-0.3, -0.25) is 0 Å². The molecule has 18 heavy (non-hydrogen) atoms. The molecule has 0 spiro atoms. The topological polar surface area (TPSA) is 73.2 Å². The Morgan fingerprint density at radius 3 is 2.78 bits per heavy atom. The van der Waals surface area contributed by atoms with Crippen molar-refractivity contribution in [1.29, 1.82) is 5.26 Å². The van der Waals surface area contributed by atoms with E-state index in [4.69, 9.17) is 5.26 Å². The third-order valence-corrected chi connectivity index (χ3v) is 3.92. The molecular formula is C12H17N3O2S. The monoisotopic (exact) mass is 267 g/mol. The molecule has 0 heterocycles. The van der Waals surface area contributed by atoms with E-state index in [0.717, 1.165) is 12.0 Å². The van der Waals surface area contributed by atoms with Crippen molar-refractivity contribution in [3.63, 3.8) is 0 Å². The Bertz CT molecular complexity index is 534. The summed E-state index contributed by atoms with van der Waals surface area (Å²) in [7, 11) is -1.93. The van der Waals surface area contributed by atoms with Crippen LogP contribution in [-0.2, 0) is 16.8 Å². The summed E-state index contributed by atoms with van der Waals surface area (Å²) in [6.45, 7) is 2.57. The molecule has 0 aromatic heterocycles. The quantitative estimate of drug-likeness (QED) is 0.842. The third-order valence-electron chi connectivity index (χ3n) is 2.41. The lowest BCUT2D eigenvalue weighted by Gasteiger charge is -2.17. The highest BCUT2D eigenvalue weighted by atomic mass is 32.2. The maximum absolute atomic E-state index is 11.8. The van der Waals surface area contributed by atoms with Gasteiger partial charge in [-0.05, 0) is 24.1 Å². The summed E-state index contributed by atoms with van der Waals surface area (Å²) >= 11 is 0. The van der Waals surface area contributed by atoms with Gasteiger partial charge in [0.15, 0.2) is 0 Å². The third kappa shape index (κ3) is 4.11. The molecule has 1 rings (SSSR count). The molecule has 1 N–H and O–H groups in total. The van der Waals surface area contributed by atoms with Crippen LogP contribution >= 0.6 is 0 Å². The Balaban J connectivity index is 2.75. The zero-order valence-corrected chi connectivity index (χ0v) is 11.4. The molecule has 0 saturated carbocycles. The SMILES string of the molecule is CCCNS(=O)(=O)N(C)Cc1cccc(C#N)c1. The lowest BCUT2D eigenvalue weighted by Crippen LogP contribution is -2.38. The molecule has 98 valence electrons. The summed E-state index contributed by atoms with van der Waals surface area (Å²) in [6.07, 6.45) is 0.747. The fraction of sp³-hybridized carbons (Fsp3) is 0.417. The molecular weight excluding hydrogens is 250 g/mol. The normalized spacial score (nSPS) is 11.4. The van der Waals surface area contributed by atoms with Gasteiger partial charge in [-0.15, -0.1) is 0 Å². The molecule has 0 saturated heterocycles. The van der Waals surface area contributed by atoms with Crippen molar-refractivity contribution in [3.05, 3.63) is 35.4 Å². The van der Waals surface area contributed by atoms with Crippen LogP contribution < -0.4 is 4.72 Å². The van der Waals surface area contributed by atoms with Crippen LogP contribution in [0.3, 0.4) is 0 Å². The molecule has 1 aromatic carbocycles. The lowest BCUT2D eigenvalue weighted by atomic mass is 10.1. The fourth-order valence-electron chi connectivity index (χ4n) is 1.42. The van der Waals surface area contributed by atoms with E-state index < -0.39 is 10.2 Å². The van der Waals surface area contributed by atoms with E-state index in [-0.39, 0.29) is 6.54 Å².